The van der Waals surface area contributed by atoms with Crippen LogP contribution in [0.1, 0.15) is 50.8 Å². The van der Waals surface area contributed by atoms with E-state index in [0.29, 0.717) is 5.92 Å². The number of nitrogens with zero attached hydrogens (tertiary/aromatic N) is 2. The summed E-state index contributed by atoms with van der Waals surface area (Å²) in [6, 6.07) is 2.00. The third-order valence-electron chi connectivity index (χ3n) is 3.87. The molecule has 2 saturated carbocycles. The van der Waals surface area contributed by atoms with Gasteiger partial charge < -0.3 is 15.4 Å². The van der Waals surface area contributed by atoms with E-state index >= 15 is 0 Å². The lowest BCUT2D eigenvalue weighted by Gasteiger charge is -2.10. The first kappa shape index (κ1) is 14.6. The maximum atomic E-state index is 5.64. The molecule has 2 fully saturated rings. The molecule has 0 atom stereocenters. The fourth-order valence-corrected chi connectivity index (χ4v) is 2.28. The fraction of sp³-hybridized carbons (Fsp3) is 0.750. The molecule has 116 valence electrons. The van der Waals surface area contributed by atoms with Crippen LogP contribution in [0.5, 0.6) is 0 Å². The highest BCUT2D eigenvalue weighted by Gasteiger charge is 2.27. The van der Waals surface area contributed by atoms with Crippen molar-refractivity contribution in [2.24, 2.45) is 5.92 Å². The number of hydrogen-bond acceptors (Lipinski definition) is 5. The summed E-state index contributed by atoms with van der Waals surface area (Å²) in [5, 5.41) is 6.68. The molecule has 1 aromatic heterocycles. The van der Waals surface area contributed by atoms with E-state index in [2.05, 4.69) is 27.5 Å². The van der Waals surface area contributed by atoms with E-state index in [1.165, 1.54) is 25.7 Å². The molecule has 2 aliphatic rings. The van der Waals surface area contributed by atoms with Gasteiger partial charge in [-0.15, -0.1) is 0 Å². The Morgan fingerprint density at radius 1 is 1.14 bits per heavy atom. The molecule has 3 rings (SSSR count). The summed E-state index contributed by atoms with van der Waals surface area (Å²) < 4.78 is 5.64. The smallest absolute Gasteiger partial charge is 0.136 e. The largest absolute Gasteiger partial charge is 0.381 e. The molecule has 5 heteroatoms. The standard InChI is InChI=1S/C16H26N4O/c1-2-17-14-10-15(20-16(19-14)13-6-7-13)18-8-3-9-21-11-12-4-5-12/h10,12-13H,2-9,11H2,1H3,(H2,17,18,19,20). The number of hydrogen-bond donors (Lipinski definition) is 2. The molecule has 2 aliphatic carbocycles. The lowest BCUT2D eigenvalue weighted by Crippen LogP contribution is -2.10. The molecular formula is C16H26N4O. The molecule has 1 heterocycles. The summed E-state index contributed by atoms with van der Waals surface area (Å²) in [5.41, 5.74) is 0. The third kappa shape index (κ3) is 4.84. The van der Waals surface area contributed by atoms with Crippen LogP contribution in [0.25, 0.3) is 0 Å². The van der Waals surface area contributed by atoms with E-state index in [1.54, 1.807) is 0 Å². The van der Waals surface area contributed by atoms with Crippen LogP contribution >= 0.6 is 0 Å². The van der Waals surface area contributed by atoms with Crippen LogP contribution in [0.4, 0.5) is 11.6 Å². The predicted octanol–water partition coefficient (Wildman–Crippen LogP) is 3.01. The first-order valence-corrected chi connectivity index (χ1v) is 8.29. The number of ether oxygens (including phenoxy) is 1. The zero-order valence-corrected chi connectivity index (χ0v) is 12.9. The number of nitrogens with one attached hydrogen (secondary N) is 2. The van der Waals surface area contributed by atoms with E-state index in [0.717, 1.165) is 56.1 Å². The van der Waals surface area contributed by atoms with Crippen LogP contribution in [-0.2, 0) is 4.74 Å². The molecule has 0 unspecified atom stereocenters. The molecule has 1 aromatic rings. The first-order chi connectivity index (χ1) is 10.3. The highest BCUT2D eigenvalue weighted by atomic mass is 16.5. The monoisotopic (exact) mass is 290 g/mol. The van der Waals surface area contributed by atoms with Gasteiger partial charge in [-0.05, 0) is 44.9 Å². The van der Waals surface area contributed by atoms with Crippen LogP contribution in [0.3, 0.4) is 0 Å². The predicted molar refractivity (Wildman–Crippen MR) is 84.8 cm³/mol. The molecular weight excluding hydrogens is 264 g/mol. The van der Waals surface area contributed by atoms with Gasteiger partial charge >= 0.3 is 0 Å². The van der Waals surface area contributed by atoms with Crippen molar-refractivity contribution >= 4 is 11.6 Å². The minimum absolute atomic E-state index is 0.575. The summed E-state index contributed by atoms with van der Waals surface area (Å²) in [5.74, 6) is 4.28. The molecule has 0 aliphatic heterocycles. The Morgan fingerprint density at radius 2 is 1.90 bits per heavy atom. The van der Waals surface area contributed by atoms with E-state index in [9.17, 15) is 0 Å². The molecule has 0 radical (unpaired) electrons. The Morgan fingerprint density at radius 3 is 2.57 bits per heavy atom. The van der Waals surface area contributed by atoms with Crippen molar-refractivity contribution in [3.63, 3.8) is 0 Å². The van der Waals surface area contributed by atoms with Crippen LogP contribution in [0.2, 0.25) is 0 Å². The Bertz CT molecular complexity index is 458. The Kier molecular flexibility index (Phi) is 4.91. The second-order valence-electron chi connectivity index (χ2n) is 6.10. The van der Waals surface area contributed by atoms with E-state index < -0.39 is 0 Å². The average molecular weight is 290 g/mol. The lowest BCUT2D eigenvalue weighted by atomic mass is 10.3. The van der Waals surface area contributed by atoms with Crippen LogP contribution in [0.15, 0.2) is 6.07 Å². The number of aromatic nitrogens is 2. The molecule has 0 amide bonds. The summed E-state index contributed by atoms with van der Waals surface area (Å²) in [4.78, 5) is 9.21. The molecule has 2 N–H and O–H groups in total. The maximum Gasteiger partial charge on any atom is 0.136 e. The zero-order valence-electron chi connectivity index (χ0n) is 12.9. The van der Waals surface area contributed by atoms with Gasteiger partial charge in [0.05, 0.1) is 0 Å². The van der Waals surface area contributed by atoms with Crippen molar-refractivity contribution in [2.75, 3.05) is 36.9 Å². The molecule has 0 saturated heterocycles. The van der Waals surface area contributed by atoms with Crippen molar-refractivity contribution in [2.45, 2.75) is 44.9 Å². The first-order valence-electron chi connectivity index (χ1n) is 8.29. The summed E-state index contributed by atoms with van der Waals surface area (Å²) in [6.45, 7) is 5.66. The normalized spacial score (nSPS) is 17.8. The van der Waals surface area contributed by atoms with Gasteiger partial charge in [-0.1, -0.05) is 0 Å². The highest BCUT2D eigenvalue weighted by molar-refractivity contribution is 5.48. The maximum absolute atomic E-state index is 5.64. The van der Waals surface area contributed by atoms with Gasteiger partial charge in [0.2, 0.25) is 0 Å². The quantitative estimate of drug-likeness (QED) is 0.649. The van der Waals surface area contributed by atoms with E-state index in [4.69, 9.17) is 4.74 Å². The zero-order chi connectivity index (χ0) is 14.5. The van der Waals surface area contributed by atoms with Gasteiger partial charge in [0.1, 0.15) is 17.5 Å². The van der Waals surface area contributed by atoms with Crippen molar-refractivity contribution in [3.8, 4) is 0 Å². The van der Waals surface area contributed by atoms with Gasteiger partial charge in [-0.25, -0.2) is 9.97 Å². The molecule has 0 spiro atoms. The minimum Gasteiger partial charge on any atom is -0.381 e. The van der Waals surface area contributed by atoms with Crippen LogP contribution in [0, 0.1) is 5.92 Å². The Labute approximate surface area is 126 Å². The third-order valence-corrected chi connectivity index (χ3v) is 3.87. The van der Waals surface area contributed by atoms with Gasteiger partial charge in [0, 0.05) is 38.3 Å². The lowest BCUT2D eigenvalue weighted by molar-refractivity contribution is 0.124. The van der Waals surface area contributed by atoms with Crippen molar-refractivity contribution in [1.82, 2.24) is 9.97 Å². The highest BCUT2D eigenvalue weighted by Crippen LogP contribution is 2.38. The van der Waals surface area contributed by atoms with Gasteiger partial charge in [0.25, 0.3) is 0 Å². The van der Waals surface area contributed by atoms with Crippen LogP contribution in [-0.4, -0.2) is 36.3 Å². The molecule has 0 bridgehead atoms. The van der Waals surface area contributed by atoms with E-state index in [1.807, 2.05) is 6.07 Å². The van der Waals surface area contributed by atoms with Crippen molar-refractivity contribution < 1.29 is 4.74 Å². The molecule has 5 nitrogen and oxygen atoms in total. The second kappa shape index (κ2) is 7.07. The SMILES string of the molecule is CCNc1cc(NCCCOCC2CC2)nc(C2CC2)n1. The summed E-state index contributed by atoms with van der Waals surface area (Å²) >= 11 is 0. The van der Waals surface area contributed by atoms with Gasteiger partial charge in [-0.2, -0.15) is 0 Å². The van der Waals surface area contributed by atoms with Crippen molar-refractivity contribution in [1.29, 1.82) is 0 Å². The van der Waals surface area contributed by atoms with Crippen LogP contribution < -0.4 is 10.6 Å². The van der Waals surface area contributed by atoms with Gasteiger partial charge in [-0.3, -0.25) is 0 Å². The minimum atomic E-state index is 0.575. The number of anilines is 2. The van der Waals surface area contributed by atoms with Gasteiger partial charge in [0.15, 0.2) is 0 Å². The molecule has 0 aromatic carbocycles. The average Bonchev–Trinajstić information content (AvgIpc) is 3.37. The molecule has 21 heavy (non-hydrogen) atoms. The Hall–Kier alpha value is -1.36. The number of rotatable bonds is 10. The fourth-order valence-electron chi connectivity index (χ4n) is 2.28. The van der Waals surface area contributed by atoms with Crippen molar-refractivity contribution in [3.05, 3.63) is 11.9 Å². The topological polar surface area (TPSA) is 59.1 Å². The summed E-state index contributed by atoms with van der Waals surface area (Å²) in [7, 11) is 0. The Balaban J connectivity index is 1.44. The van der Waals surface area contributed by atoms with E-state index in [-0.39, 0.29) is 0 Å². The second-order valence-corrected chi connectivity index (χ2v) is 6.10. The summed E-state index contributed by atoms with van der Waals surface area (Å²) in [6.07, 6.45) is 6.19.